The van der Waals surface area contributed by atoms with Crippen LogP contribution in [0.25, 0.3) is 0 Å². The number of benzene rings is 3. The average Bonchev–Trinajstić information content (AvgIpc) is 2.84. The Labute approximate surface area is 243 Å². The standard InChI is InChI=1S/3C9H8O4.Au/c3*1-6(10)13-8-5-3-2-4-7(8)9(11)12;/h3*2-5H,1H3,(H,11,12);/q;;;+3/p-3. The van der Waals surface area contributed by atoms with Crippen LogP contribution in [0.4, 0.5) is 0 Å². The van der Waals surface area contributed by atoms with Crippen LogP contribution in [0.5, 0.6) is 17.2 Å². The Hall–Kier alpha value is -4.78. The van der Waals surface area contributed by atoms with Crippen LogP contribution in [-0.4, -0.2) is 35.8 Å². The van der Waals surface area contributed by atoms with Crippen molar-refractivity contribution in [3.8, 4) is 17.2 Å². The summed E-state index contributed by atoms with van der Waals surface area (Å²) in [6, 6.07) is 17.4. The fraction of sp³-hybridized carbons (Fsp3) is 0.111. The third-order valence-corrected chi connectivity index (χ3v) is 4.08. The first kappa shape index (κ1) is 35.2. The van der Waals surface area contributed by atoms with Crippen LogP contribution in [0.1, 0.15) is 51.8 Å². The van der Waals surface area contributed by atoms with E-state index in [9.17, 15) is 44.1 Å². The molecule has 40 heavy (non-hydrogen) atoms. The number of carbonyl (C=O) groups is 6. The number of carboxylic acids is 3. The Kier molecular flexibility index (Phi) is 15.6. The zero-order valence-corrected chi connectivity index (χ0v) is 23.3. The molecule has 0 aliphatic carbocycles. The molecule has 0 saturated heterocycles. The van der Waals surface area contributed by atoms with E-state index in [1.807, 2.05) is 0 Å². The van der Waals surface area contributed by atoms with Gasteiger partial charge in [0.05, 0.1) is 17.9 Å². The van der Waals surface area contributed by atoms with Crippen LogP contribution in [0.3, 0.4) is 0 Å². The summed E-state index contributed by atoms with van der Waals surface area (Å²) in [5.74, 6) is -5.75. The summed E-state index contributed by atoms with van der Waals surface area (Å²) in [5, 5.41) is 31.5. The average molecular weight is 734 g/mol. The molecule has 12 nitrogen and oxygen atoms in total. The summed E-state index contributed by atoms with van der Waals surface area (Å²) < 4.78 is 13.9. The van der Waals surface area contributed by atoms with Crippen molar-refractivity contribution < 1.29 is 80.7 Å². The molecule has 0 aromatic heterocycles. The van der Waals surface area contributed by atoms with E-state index in [4.69, 9.17) is 0 Å². The second kappa shape index (κ2) is 17.7. The second-order valence-electron chi connectivity index (χ2n) is 7.13. The second-order valence-corrected chi connectivity index (χ2v) is 7.13. The topological polar surface area (TPSA) is 199 Å². The maximum absolute atomic E-state index is 10.6. The third-order valence-electron chi connectivity index (χ3n) is 4.08. The zero-order chi connectivity index (χ0) is 29.5. The third kappa shape index (κ3) is 12.6. The van der Waals surface area contributed by atoms with E-state index in [-0.39, 0.29) is 56.3 Å². The number of esters is 3. The fourth-order valence-corrected chi connectivity index (χ4v) is 2.64. The molecule has 212 valence electrons. The molecule has 0 atom stereocenters. The van der Waals surface area contributed by atoms with Gasteiger partial charge in [0, 0.05) is 37.5 Å². The van der Waals surface area contributed by atoms with Crippen molar-refractivity contribution in [3.05, 3.63) is 89.5 Å². The maximum atomic E-state index is 10.6. The summed E-state index contributed by atoms with van der Waals surface area (Å²) in [7, 11) is 0. The van der Waals surface area contributed by atoms with Crippen LogP contribution in [0.15, 0.2) is 72.8 Å². The van der Waals surface area contributed by atoms with Crippen LogP contribution < -0.4 is 29.5 Å². The number of aromatic carboxylic acids is 3. The van der Waals surface area contributed by atoms with Gasteiger partial charge in [0.2, 0.25) is 0 Å². The van der Waals surface area contributed by atoms with Crippen LogP contribution in [0, 0.1) is 0 Å². The molecule has 0 aliphatic rings. The van der Waals surface area contributed by atoms with Gasteiger partial charge in [0.15, 0.2) is 0 Å². The van der Waals surface area contributed by atoms with Crippen LogP contribution in [0.2, 0.25) is 0 Å². The van der Waals surface area contributed by atoms with Crippen molar-refractivity contribution in [3.63, 3.8) is 0 Å². The minimum atomic E-state index is -1.36. The molecule has 0 unspecified atom stereocenters. The number of ether oxygens (including phenoxy) is 3. The number of carbonyl (C=O) groups excluding carboxylic acids is 6. The molecule has 0 spiro atoms. The van der Waals surface area contributed by atoms with E-state index in [1.165, 1.54) is 75.4 Å². The first-order chi connectivity index (χ1) is 18.3. The van der Waals surface area contributed by atoms with Crippen molar-refractivity contribution in [1.29, 1.82) is 0 Å². The van der Waals surface area contributed by atoms with Gasteiger partial charge in [-0.25, -0.2) is 0 Å². The Morgan fingerprint density at radius 1 is 0.450 bits per heavy atom. The summed E-state index contributed by atoms with van der Waals surface area (Å²) in [6.45, 7) is 3.60. The summed E-state index contributed by atoms with van der Waals surface area (Å²) in [6.07, 6.45) is 0. The van der Waals surface area contributed by atoms with Gasteiger partial charge < -0.3 is 43.9 Å². The Morgan fingerprint density at radius 2 is 0.650 bits per heavy atom. The van der Waals surface area contributed by atoms with Gasteiger partial charge in [-0.2, -0.15) is 0 Å². The van der Waals surface area contributed by atoms with Gasteiger partial charge in [0.25, 0.3) is 0 Å². The van der Waals surface area contributed by atoms with Crippen molar-refractivity contribution in [2.45, 2.75) is 20.8 Å². The number of carboxylic acid groups (broad SMARTS) is 3. The molecule has 0 bridgehead atoms. The minimum Gasteiger partial charge on any atom is -0.545 e. The van der Waals surface area contributed by atoms with Crippen molar-refractivity contribution in [1.82, 2.24) is 0 Å². The quantitative estimate of drug-likeness (QED) is 0.186. The Bertz CT molecular complexity index is 1200. The minimum absolute atomic E-state index is 0. The van der Waals surface area contributed by atoms with E-state index >= 15 is 0 Å². The SMILES string of the molecule is CC(=O)Oc1ccccc1C(=O)[O-].CC(=O)Oc1ccccc1C(=O)[O-].CC(=O)Oc1ccccc1C(=O)[O-].[Au+3]. The Balaban J connectivity index is 0.000000563. The van der Waals surface area contributed by atoms with Crippen molar-refractivity contribution in [2.24, 2.45) is 0 Å². The van der Waals surface area contributed by atoms with Crippen molar-refractivity contribution >= 4 is 35.8 Å². The summed E-state index contributed by atoms with van der Waals surface area (Å²) in [4.78, 5) is 63.2. The van der Waals surface area contributed by atoms with Gasteiger partial charge in [-0.05, 0) is 36.4 Å². The fourth-order valence-electron chi connectivity index (χ4n) is 2.64. The molecular formula is C27H21AuO12. The van der Waals surface area contributed by atoms with E-state index in [0.717, 1.165) is 0 Å². The van der Waals surface area contributed by atoms with Gasteiger partial charge in [0.1, 0.15) is 17.2 Å². The van der Waals surface area contributed by atoms with Gasteiger partial charge >= 0.3 is 40.3 Å². The largest absolute Gasteiger partial charge is 3.00 e. The van der Waals surface area contributed by atoms with E-state index < -0.39 is 35.8 Å². The summed E-state index contributed by atoms with van der Waals surface area (Å²) in [5.41, 5.74) is -0.381. The van der Waals surface area contributed by atoms with E-state index in [0.29, 0.717) is 0 Å². The predicted octanol–water partition coefficient (Wildman–Crippen LogP) is -0.0763. The smallest absolute Gasteiger partial charge is 0.545 e. The first-order valence-electron chi connectivity index (χ1n) is 10.8. The predicted molar refractivity (Wildman–Crippen MR) is 126 cm³/mol. The van der Waals surface area contributed by atoms with E-state index in [1.54, 1.807) is 18.2 Å². The zero-order valence-electron chi connectivity index (χ0n) is 21.1. The van der Waals surface area contributed by atoms with Gasteiger partial charge in [-0.3, -0.25) is 14.4 Å². The molecule has 0 fully saturated rings. The molecular weight excluding hydrogens is 713 g/mol. The Morgan fingerprint density at radius 3 is 0.825 bits per heavy atom. The molecule has 0 radical (unpaired) electrons. The number of rotatable bonds is 6. The van der Waals surface area contributed by atoms with Gasteiger partial charge in [-0.1, -0.05) is 36.4 Å². The van der Waals surface area contributed by atoms with Crippen molar-refractivity contribution in [2.75, 3.05) is 0 Å². The first-order valence-corrected chi connectivity index (χ1v) is 10.8. The molecule has 0 saturated carbocycles. The molecule has 0 heterocycles. The number of para-hydroxylation sites is 3. The summed E-state index contributed by atoms with van der Waals surface area (Å²) >= 11 is 0. The normalized spacial score (nSPS) is 9.07. The molecule has 0 N–H and O–H groups in total. The molecule has 0 aliphatic heterocycles. The molecule has 0 amide bonds. The molecule has 3 aromatic rings. The molecule has 13 heteroatoms. The van der Waals surface area contributed by atoms with Crippen LogP contribution >= 0.6 is 0 Å². The molecule has 3 rings (SSSR count). The molecule has 3 aromatic carbocycles. The van der Waals surface area contributed by atoms with Gasteiger partial charge in [-0.15, -0.1) is 0 Å². The van der Waals surface area contributed by atoms with E-state index in [2.05, 4.69) is 14.2 Å². The monoisotopic (exact) mass is 734 g/mol. The van der Waals surface area contributed by atoms with Crippen LogP contribution in [-0.2, 0) is 36.8 Å². The number of hydrogen-bond acceptors (Lipinski definition) is 12. The maximum Gasteiger partial charge on any atom is 3.00 e. The number of hydrogen-bond donors (Lipinski definition) is 0.